The lowest BCUT2D eigenvalue weighted by molar-refractivity contribution is 0.616. The molecule has 0 radical (unpaired) electrons. The number of aromatic nitrogens is 2. The van der Waals surface area contributed by atoms with Crippen LogP contribution in [0.3, 0.4) is 0 Å². The summed E-state index contributed by atoms with van der Waals surface area (Å²) < 4.78 is 0. The summed E-state index contributed by atoms with van der Waals surface area (Å²) in [6.45, 7) is 4.01. The molecule has 0 saturated carbocycles. The topological polar surface area (TPSA) is 41.1 Å². The molecule has 82 valence electrons. The van der Waals surface area contributed by atoms with Gasteiger partial charge in [0.05, 0.1) is 5.69 Å². The molecule has 4 nitrogen and oxygen atoms in total. The van der Waals surface area contributed by atoms with Crippen LogP contribution in [0.15, 0.2) is 0 Å². The Hall–Kier alpha value is -1.16. The fraction of sp³-hybridized carbons (Fsp3) is 0.636. The highest BCUT2D eigenvalue weighted by atomic mass is 15.2. The van der Waals surface area contributed by atoms with Crippen molar-refractivity contribution in [2.45, 2.75) is 26.3 Å². The molecule has 2 heterocycles. The van der Waals surface area contributed by atoms with E-state index in [-0.39, 0.29) is 0 Å². The van der Waals surface area contributed by atoms with Crippen LogP contribution in [-0.2, 0) is 19.4 Å². The molecule has 0 atom stereocenters. The molecule has 15 heavy (non-hydrogen) atoms. The molecule has 0 spiro atoms. The van der Waals surface area contributed by atoms with E-state index in [1.807, 2.05) is 14.1 Å². The van der Waals surface area contributed by atoms with E-state index in [9.17, 15) is 0 Å². The Labute approximate surface area is 90.7 Å². The lowest BCUT2D eigenvalue weighted by atomic mass is 10.1. The van der Waals surface area contributed by atoms with E-state index in [0.717, 1.165) is 37.6 Å². The van der Waals surface area contributed by atoms with E-state index >= 15 is 0 Å². The molecule has 1 aromatic heterocycles. The molecule has 1 aliphatic rings. The molecule has 0 aliphatic carbocycles. The lowest BCUT2D eigenvalue weighted by Crippen LogP contribution is -2.28. The van der Waals surface area contributed by atoms with Gasteiger partial charge in [0.2, 0.25) is 0 Å². The van der Waals surface area contributed by atoms with Gasteiger partial charge in [-0.2, -0.15) is 0 Å². The van der Waals surface area contributed by atoms with Gasteiger partial charge in [-0.15, -0.1) is 0 Å². The van der Waals surface area contributed by atoms with Gasteiger partial charge in [0.25, 0.3) is 0 Å². The molecular weight excluding hydrogens is 188 g/mol. The molecule has 1 N–H and O–H groups in total. The highest BCUT2D eigenvalue weighted by Gasteiger charge is 2.17. The molecule has 0 fully saturated rings. The number of hydrogen-bond acceptors (Lipinski definition) is 4. The van der Waals surface area contributed by atoms with Crippen molar-refractivity contribution in [3.63, 3.8) is 0 Å². The van der Waals surface area contributed by atoms with Gasteiger partial charge in [-0.25, -0.2) is 9.97 Å². The number of nitrogens with one attached hydrogen (secondary N) is 1. The normalized spacial score (nSPS) is 14.9. The summed E-state index contributed by atoms with van der Waals surface area (Å²) in [5.74, 6) is 2.04. The minimum atomic E-state index is 0.881. The Morgan fingerprint density at radius 3 is 2.80 bits per heavy atom. The van der Waals surface area contributed by atoms with Gasteiger partial charge in [-0.05, 0) is 13.0 Å². The molecular formula is C11H18N4. The fourth-order valence-electron chi connectivity index (χ4n) is 1.92. The molecule has 1 aliphatic heterocycles. The van der Waals surface area contributed by atoms with Crippen LogP contribution in [0, 0.1) is 0 Å². The minimum absolute atomic E-state index is 0.881. The first-order valence-electron chi connectivity index (χ1n) is 5.49. The average molecular weight is 206 g/mol. The van der Waals surface area contributed by atoms with E-state index in [4.69, 9.17) is 0 Å². The maximum Gasteiger partial charge on any atom is 0.135 e. The summed E-state index contributed by atoms with van der Waals surface area (Å²) in [6, 6.07) is 0. The van der Waals surface area contributed by atoms with E-state index < -0.39 is 0 Å². The third-order valence-corrected chi connectivity index (χ3v) is 2.70. The summed E-state index contributed by atoms with van der Waals surface area (Å²) in [6.07, 6.45) is 1.93. The Morgan fingerprint density at radius 2 is 2.13 bits per heavy atom. The van der Waals surface area contributed by atoms with E-state index in [0.29, 0.717) is 0 Å². The van der Waals surface area contributed by atoms with Crippen LogP contribution in [0.25, 0.3) is 0 Å². The fourth-order valence-corrected chi connectivity index (χ4v) is 1.92. The van der Waals surface area contributed by atoms with Crippen molar-refractivity contribution in [3.8, 4) is 0 Å². The molecule has 4 heteroatoms. The Morgan fingerprint density at radius 1 is 1.33 bits per heavy atom. The zero-order valence-electron chi connectivity index (χ0n) is 9.67. The standard InChI is InChI=1S/C11H18N4/c1-4-10-13-9-7-12-6-5-8(9)11(14-10)15(2)3/h12H,4-7H2,1-3H3. The second-order valence-electron chi connectivity index (χ2n) is 4.06. The molecule has 0 saturated heterocycles. The predicted octanol–water partition coefficient (Wildman–Crippen LogP) is 0.751. The zero-order chi connectivity index (χ0) is 10.8. The molecule has 2 rings (SSSR count). The monoisotopic (exact) mass is 206 g/mol. The number of hydrogen-bond donors (Lipinski definition) is 1. The first kappa shape index (κ1) is 10.4. The van der Waals surface area contributed by atoms with Gasteiger partial charge in [0.15, 0.2) is 0 Å². The third-order valence-electron chi connectivity index (χ3n) is 2.70. The van der Waals surface area contributed by atoms with Crippen LogP contribution >= 0.6 is 0 Å². The number of rotatable bonds is 2. The van der Waals surface area contributed by atoms with Crippen LogP contribution in [0.4, 0.5) is 5.82 Å². The van der Waals surface area contributed by atoms with Gasteiger partial charge in [0.1, 0.15) is 11.6 Å². The van der Waals surface area contributed by atoms with Crippen LogP contribution in [0.5, 0.6) is 0 Å². The van der Waals surface area contributed by atoms with Crippen LogP contribution in [0.1, 0.15) is 24.0 Å². The van der Waals surface area contributed by atoms with Crippen LogP contribution < -0.4 is 10.2 Å². The molecule has 0 bridgehead atoms. The minimum Gasteiger partial charge on any atom is -0.362 e. The summed E-state index contributed by atoms with van der Waals surface area (Å²) >= 11 is 0. The number of nitrogens with zero attached hydrogens (tertiary/aromatic N) is 3. The highest BCUT2D eigenvalue weighted by Crippen LogP contribution is 2.22. The van der Waals surface area contributed by atoms with Crippen LogP contribution in [-0.4, -0.2) is 30.6 Å². The van der Waals surface area contributed by atoms with E-state index in [1.54, 1.807) is 0 Å². The maximum atomic E-state index is 4.59. The summed E-state index contributed by atoms with van der Waals surface area (Å²) in [5, 5.41) is 3.35. The van der Waals surface area contributed by atoms with E-state index in [2.05, 4.69) is 27.1 Å². The summed E-state index contributed by atoms with van der Waals surface area (Å²) in [4.78, 5) is 11.3. The number of fused-ring (bicyclic) bond motifs is 1. The first-order valence-corrected chi connectivity index (χ1v) is 5.49. The zero-order valence-corrected chi connectivity index (χ0v) is 9.67. The first-order chi connectivity index (χ1) is 7.22. The van der Waals surface area contributed by atoms with Crippen molar-refractivity contribution in [1.29, 1.82) is 0 Å². The van der Waals surface area contributed by atoms with Gasteiger partial charge in [-0.1, -0.05) is 6.92 Å². The average Bonchev–Trinajstić information content (AvgIpc) is 2.27. The lowest BCUT2D eigenvalue weighted by Gasteiger charge is -2.23. The Kier molecular flexibility index (Phi) is 2.86. The molecule has 0 aromatic carbocycles. The summed E-state index contributed by atoms with van der Waals surface area (Å²) in [5.41, 5.74) is 2.49. The largest absolute Gasteiger partial charge is 0.362 e. The van der Waals surface area contributed by atoms with Gasteiger partial charge in [-0.3, -0.25) is 0 Å². The van der Waals surface area contributed by atoms with Gasteiger partial charge in [0, 0.05) is 32.6 Å². The second kappa shape index (κ2) is 4.14. The van der Waals surface area contributed by atoms with Gasteiger partial charge < -0.3 is 10.2 Å². The maximum absolute atomic E-state index is 4.59. The smallest absolute Gasteiger partial charge is 0.135 e. The molecule has 0 unspecified atom stereocenters. The van der Waals surface area contributed by atoms with Gasteiger partial charge >= 0.3 is 0 Å². The SMILES string of the molecule is CCc1nc2c(c(N(C)C)n1)CCNC2. The highest BCUT2D eigenvalue weighted by molar-refractivity contribution is 5.49. The number of anilines is 1. The Balaban J connectivity index is 2.50. The predicted molar refractivity (Wildman–Crippen MR) is 61.1 cm³/mol. The van der Waals surface area contributed by atoms with Crippen molar-refractivity contribution >= 4 is 5.82 Å². The summed E-state index contributed by atoms with van der Waals surface area (Å²) in [7, 11) is 4.09. The van der Waals surface area contributed by atoms with Crippen molar-refractivity contribution in [2.24, 2.45) is 0 Å². The third kappa shape index (κ3) is 1.95. The quantitative estimate of drug-likeness (QED) is 0.775. The van der Waals surface area contributed by atoms with E-state index in [1.165, 1.54) is 11.3 Å². The van der Waals surface area contributed by atoms with Crippen LogP contribution in [0.2, 0.25) is 0 Å². The number of aryl methyl sites for hydroxylation is 1. The van der Waals surface area contributed by atoms with Crippen molar-refractivity contribution in [3.05, 3.63) is 17.1 Å². The van der Waals surface area contributed by atoms with Crippen molar-refractivity contribution in [1.82, 2.24) is 15.3 Å². The molecule has 1 aromatic rings. The second-order valence-corrected chi connectivity index (χ2v) is 4.06. The van der Waals surface area contributed by atoms with Crippen molar-refractivity contribution in [2.75, 3.05) is 25.5 Å². The Bertz CT molecular complexity index is 360. The molecule has 0 amide bonds. The van der Waals surface area contributed by atoms with Crippen molar-refractivity contribution < 1.29 is 0 Å².